The highest BCUT2D eigenvalue weighted by molar-refractivity contribution is 5.02. The van der Waals surface area contributed by atoms with E-state index < -0.39 is 0 Å². The van der Waals surface area contributed by atoms with Crippen molar-refractivity contribution in [3.05, 3.63) is 0 Å². The third kappa shape index (κ3) is 0.936. The van der Waals surface area contributed by atoms with Gasteiger partial charge in [-0.25, -0.2) is 0 Å². The third-order valence-electron chi connectivity index (χ3n) is 3.87. The van der Waals surface area contributed by atoms with Crippen molar-refractivity contribution in [2.45, 2.75) is 44.6 Å². The van der Waals surface area contributed by atoms with Crippen LogP contribution in [0.2, 0.25) is 0 Å². The van der Waals surface area contributed by atoms with Gasteiger partial charge in [-0.2, -0.15) is 0 Å². The Morgan fingerprint density at radius 2 is 2.36 bits per heavy atom. The van der Waals surface area contributed by atoms with E-state index in [1.807, 2.05) is 7.11 Å². The van der Waals surface area contributed by atoms with Crippen molar-refractivity contribution in [2.75, 3.05) is 7.11 Å². The van der Waals surface area contributed by atoms with Crippen LogP contribution in [0.4, 0.5) is 0 Å². The molecule has 2 bridgehead atoms. The molecule has 0 aliphatic heterocycles. The predicted molar refractivity (Wildman–Crippen MR) is 45.5 cm³/mol. The van der Waals surface area contributed by atoms with Gasteiger partial charge in [-0.1, -0.05) is 13.3 Å². The predicted octanol–water partition coefficient (Wildman–Crippen LogP) is 2.60. The van der Waals surface area contributed by atoms with Crippen LogP contribution in [-0.4, -0.2) is 12.7 Å². The minimum atomic E-state index is 0.319. The summed E-state index contributed by atoms with van der Waals surface area (Å²) in [4.78, 5) is 0. The van der Waals surface area contributed by atoms with Crippen molar-refractivity contribution in [2.24, 2.45) is 11.8 Å². The monoisotopic (exact) mass is 154 g/mol. The molecular formula is C10H18O. The van der Waals surface area contributed by atoms with Gasteiger partial charge in [-0.05, 0) is 37.5 Å². The van der Waals surface area contributed by atoms with Crippen LogP contribution in [0.15, 0.2) is 0 Å². The molecule has 0 aromatic carbocycles. The Kier molecular flexibility index (Phi) is 1.71. The fourth-order valence-electron chi connectivity index (χ4n) is 3.22. The highest BCUT2D eigenvalue weighted by Gasteiger charge is 2.51. The first kappa shape index (κ1) is 7.60. The minimum Gasteiger partial charge on any atom is -0.378 e. The Bertz CT molecular complexity index is 155. The SMILES string of the molecule is CCC1CC2CCC1(OC)C2. The third-order valence-corrected chi connectivity index (χ3v) is 3.87. The van der Waals surface area contributed by atoms with Gasteiger partial charge in [0.15, 0.2) is 0 Å². The smallest absolute Gasteiger partial charge is 0.0709 e. The molecule has 0 radical (unpaired) electrons. The van der Waals surface area contributed by atoms with Crippen molar-refractivity contribution >= 4 is 0 Å². The number of hydrogen-bond donors (Lipinski definition) is 0. The summed E-state index contributed by atoms with van der Waals surface area (Å²) in [6.07, 6.45) is 6.84. The first-order chi connectivity index (χ1) is 5.30. The van der Waals surface area contributed by atoms with Gasteiger partial charge >= 0.3 is 0 Å². The molecule has 0 amide bonds. The lowest BCUT2D eigenvalue weighted by molar-refractivity contribution is -0.0419. The summed E-state index contributed by atoms with van der Waals surface area (Å²) >= 11 is 0. The van der Waals surface area contributed by atoms with Crippen LogP contribution in [0.1, 0.15) is 39.0 Å². The molecule has 0 heterocycles. The molecule has 0 spiro atoms. The second-order valence-electron chi connectivity index (χ2n) is 4.22. The molecule has 3 unspecified atom stereocenters. The summed E-state index contributed by atoms with van der Waals surface area (Å²) < 4.78 is 5.69. The molecule has 0 N–H and O–H groups in total. The van der Waals surface area contributed by atoms with Gasteiger partial charge in [-0.3, -0.25) is 0 Å². The van der Waals surface area contributed by atoms with Gasteiger partial charge in [0.25, 0.3) is 0 Å². The molecule has 1 nitrogen and oxygen atoms in total. The van der Waals surface area contributed by atoms with Crippen molar-refractivity contribution in [1.82, 2.24) is 0 Å². The largest absolute Gasteiger partial charge is 0.378 e. The summed E-state index contributed by atoms with van der Waals surface area (Å²) in [7, 11) is 1.90. The maximum atomic E-state index is 5.69. The van der Waals surface area contributed by atoms with Crippen LogP contribution in [0, 0.1) is 11.8 Å². The van der Waals surface area contributed by atoms with Crippen molar-refractivity contribution in [1.29, 1.82) is 0 Å². The molecule has 0 aromatic rings. The fraction of sp³-hybridized carbons (Fsp3) is 1.00. The van der Waals surface area contributed by atoms with Gasteiger partial charge in [0, 0.05) is 7.11 Å². The van der Waals surface area contributed by atoms with Gasteiger partial charge in [0.05, 0.1) is 5.60 Å². The molecule has 1 heteroatoms. The van der Waals surface area contributed by atoms with Crippen LogP contribution in [0.5, 0.6) is 0 Å². The second-order valence-corrected chi connectivity index (χ2v) is 4.22. The molecule has 2 saturated carbocycles. The molecule has 64 valence electrons. The zero-order chi connectivity index (χ0) is 7.90. The van der Waals surface area contributed by atoms with Crippen molar-refractivity contribution in [3.8, 4) is 0 Å². The molecule has 0 saturated heterocycles. The lowest BCUT2D eigenvalue weighted by atomic mass is 9.83. The highest BCUT2D eigenvalue weighted by Crippen LogP contribution is 2.54. The molecule has 3 atom stereocenters. The van der Waals surface area contributed by atoms with Gasteiger partial charge in [0.1, 0.15) is 0 Å². The van der Waals surface area contributed by atoms with E-state index in [0.717, 1.165) is 11.8 Å². The number of fused-ring (bicyclic) bond motifs is 2. The number of ether oxygens (including phenoxy) is 1. The van der Waals surface area contributed by atoms with Crippen LogP contribution in [0.25, 0.3) is 0 Å². The van der Waals surface area contributed by atoms with E-state index in [0.29, 0.717) is 5.60 Å². The van der Waals surface area contributed by atoms with Gasteiger partial charge in [0.2, 0.25) is 0 Å². The molecular weight excluding hydrogens is 136 g/mol. The lowest BCUT2D eigenvalue weighted by Crippen LogP contribution is -2.34. The first-order valence-electron chi connectivity index (χ1n) is 4.86. The number of methoxy groups -OCH3 is 1. The van der Waals surface area contributed by atoms with E-state index in [1.165, 1.54) is 32.1 Å². The summed E-state index contributed by atoms with van der Waals surface area (Å²) in [5, 5.41) is 0. The first-order valence-corrected chi connectivity index (χ1v) is 4.86. The van der Waals surface area contributed by atoms with Crippen LogP contribution < -0.4 is 0 Å². The standard InChI is InChI=1S/C10H18O/c1-3-9-6-8-4-5-10(9,7-8)11-2/h8-9H,3-7H2,1-2H3. The maximum absolute atomic E-state index is 5.69. The van der Waals surface area contributed by atoms with Gasteiger partial charge < -0.3 is 4.74 Å². The van der Waals surface area contributed by atoms with Gasteiger partial charge in [-0.15, -0.1) is 0 Å². The Morgan fingerprint density at radius 3 is 2.82 bits per heavy atom. The topological polar surface area (TPSA) is 9.23 Å². The van der Waals surface area contributed by atoms with Crippen LogP contribution in [0.3, 0.4) is 0 Å². The van der Waals surface area contributed by atoms with E-state index in [2.05, 4.69) is 6.92 Å². The Labute approximate surface area is 69.1 Å². The number of hydrogen-bond acceptors (Lipinski definition) is 1. The minimum absolute atomic E-state index is 0.319. The molecule has 2 fully saturated rings. The van der Waals surface area contributed by atoms with Crippen LogP contribution in [-0.2, 0) is 4.74 Å². The maximum Gasteiger partial charge on any atom is 0.0709 e. The van der Waals surface area contributed by atoms with E-state index in [1.54, 1.807) is 0 Å². The van der Waals surface area contributed by atoms with Crippen molar-refractivity contribution < 1.29 is 4.74 Å². The zero-order valence-corrected chi connectivity index (χ0v) is 7.60. The van der Waals surface area contributed by atoms with E-state index >= 15 is 0 Å². The average Bonchev–Trinajstić information content (AvgIpc) is 2.60. The Morgan fingerprint density at radius 1 is 1.55 bits per heavy atom. The normalized spacial score (nSPS) is 48.5. The molecule has 11 heavy (non-hydrogen) atoms. The molecule has 2 aliphatic carbocycles. The van der Waals surface area contributed by atoms with Crippen molar-refractivity contribution in [3.63, 3.8) is 0 Å². The fourth-order valence-corrected chi connectivity index (χ4v) is 3.22. The Balaban J connectivity index is 2.15. The number of rotatable bonds is 2. The van der Waals surface area contributed by atoms with E-state index in [-0.39, 0.29) is 0 Å². The van der Waals surface area contributed by atoms with E-state index in [9.17, 15) is 0 Å². The van der Waals surface area contributed by atoms with Crippen LogP contribution >= 0.6 is 0 Å². The molecule has 2 aliphatic rings. The zero-order valence-electron chi connectivity index (χ0n) is 7.60. The molecule has 2 rings (SSSR count). The lowest BCUT2D eigenvalue weighted by Gasteiger charge is -2.33. The Hall–Kier alpha value is -0.0400. The highest BCUT2D eigenvalue weighted by atomic mass is 16.5. The van der Waals surface area contributed by atoms with E-state index in [4.69, 9.17) is 4.74 Å². The summed E-state index contributed by atoms with van der Waals surface area (Å²) in [6.45, 7) is 2.30. The average molecular weight is 154 g/mol. The summed E-state index contributed by atoms with van der Waals surface area (Å²) in [5.74, 6) is 1.87. The molecule has 0 aromatic heterocycles. The quantitative estimate of drug-likeness (QED) is 0.594. The second kappa shape index (κ2) is 2.48. The summed E-state index contributed by atoms with van der Waals surface area (Å²) in [5.41, 5.74) is 0.319. The summed E-state index contributed by atoms with van der Waals surface area (Å²) in [6, 6.07) is 0.